The van der Waals surface area contributed by atoms with Crippen molar-refractivity contribution in [1.29, 1.82) is 0 Å². The van der Waals surface area contributed by atoms with Crippen molar-refractivity contribution in [2.75, 3.05) is 20.3 Å². The van der Waals surface area contributed by atoms with E-state index in [4.69, 9.17) is 9.47 Å². The van der Waals surface area contributed by atoms with Crippen LogP contribution in [-0.4, -0.2) is 37.5 Å². The minimum atomic E-state index is -0.452. The van der Waals surface area contributed by atoms with Crippen LogP contribution in [0, 0.1) is 5.92 Å². The van der Waals surface area contributed by atoms with Crippen LogP contribution in [0.25, 0.3) is 0 Å². The van der Waals surface area contributed by atoms with E-state index in [1.165, 1.54) is 25.7 Å². The predicted molar refractivity (Wildman–Crippen MR) is 88.1 cm³/mol. The molecule has 1 aromatic carbocycles. The number of ether oxygens (including phenoxy) is 2. The van der Waals surface area contributed by atoms with E-state index in [2.05, 4.69) is 12.2 Å². The second kappa shape index (κ2) is 9.13. The van der Waals surface area contributed by atoms with Crippen molar-refractivity contribution in [3.8, 4) is 5.75 Å². The van der Waals surface area contributed by atoms with Crippen LogP contribution in [0.3, 0.4) is 0 Å². The smallest absolute Gasteiger partial charge is 0.118 e. The van der Waals surface area contributed by atoms with Gasteiger partial charge in [0.1, 0.15) is 5.75 Å². The molecule has 0 aliphatic heterocycles. The Kier molecular flexibility index (Phi) is 7.16. The van der Waals surface area contributed by atoms with Crippen LogP contribution in [0.15, 0.2) is 24.3 Å². The summed E-state index contributed by atoms with van der Waals surface area (Å²) in [6.45, 7) is 3.78. The van der Waals surface area contributed by atoms with Gasteiger partial charge >= 0.3 is 0 Å². The molecule has 4 nitrogen and oxygen atoms in total. The number of nitrogens with one attached hydrogen (secondary N) is 1. The lowest BCUT2D eigenvalue weighted by atomic mass is 9.86. The molecule has 1 aromatic rings. The number of aliphatic hydroxyl groups excluding tert-OH is 1. The molecule has 0 saturated heterocycles. The Bertz CT molecular complexity index is 421. The van der Waals surface area contributed by atoms with Crippen molar-refractivity contribution in [2.45, 2.75) is 51.4 Å². The van der Waals surface area contributed by atoms with E-state index in [-0.39, 0.29) is 0 Å². The topological polar surface area (TPSA) is 50.7 Å². The molecule has 4 heteroatoms. The first-order chi connectivity index (χ1) is 10.7. The average molecular weight is 307 g/mol. The molecule has 0 aromatic heterocycles. The zero-order valence-electron chi connectivity index (χ0n) is 13.8. The van der Waals surface area contributed by atoms with E-state index in [1.807, 2.05) is 24.3 Å². The Labute approximate surface area is 133 Å². The van der Waals surface area contributed by atoms with Crippen molar-refractivity contribution in [1.82, 2.24) is 5.32 Å². The lowest BCUT2D eigenvalue weighted by molar-refractivity contribution is 0.0260. The van der Waals surface area contributed by atoms with Crippen molar-refractivity contribution < 1.29 is 14.6 Å². The summed E-state index contributed by atoms with van der Waals surface area (Å²) in [4.78, 5) is 0. The Morgan fingerprint density at radius 3 is 2.64 bits per heavy atom. The van der Waals surface area contributed by atoms with Gasteiger partial charge < -0.3 is 19.9 Å². The number of methoxy groups -OCH3 is 1. The molecule has 1 aliphatic carbocycles. The first kappa shape index (κ1) is 17.3. The van der Waals surface area contributed by atoms with Gasteiger partial charge in [-0.3, -0.25) is 0 Å². The fraction of sp³-hybridized carbons (Fsp3) is 0.667. The van der Waals surface area contributed by atoms with Crippen LogP contribution in [0.1, 0.15) is 38.2 Å². The van der Waals surface area contributed by atoms with Crippen molar-refractivity contribution >= 4 is 0 Å². The summed E-state index contributed by atoms with van der Waals surface area (Å²) >= 11 is 0. The molecule has 22 heavy (non-hydrogen) atoms. The maximum absolute atomic E-state index is 10.0. The molecule has 0 spiro atoms. The SMILES string of the molecule is COc1ccc(COCC(O)CNC2CCCCC2C)cc1. The fourth-order valence-electron chi connectivity index (χ4n) is 3.00. The fourth-order valence-corrected chi connectivity index (χ4v) is 3.00. The third-order valence-electron chi connectivity index (χ3n) is 4.47. The second-order valence-electron chi connectivity index (χ2n) is 6.29. The van der Waals surface area contributed by atoms with Gasteiger partial charge in [0.2, 0.25) is 0 Å². The van der Waals surface area contributed by atoms with E-state index in [0.29, 0.717) is 31.7 Å². The third kappa shape index (κ3) is 5.59. The number of hydrogen-bond donors (Lipinski definition) is 2. The van der Waals surface area contributed by atoms with Gasteiger partial charge in [-0.15, -0.1) is 0 Å². The quantitative estimate of drug-likeness (QED) is 0.775. The molecule has 1 aliphatic rings. The maximum atomic E-state index is 10.0. The van der Waals surface area contributed by atoms with Gasteiger partial charge in [-0.2, -0.15) is 0 Å². The third-order valence-corrected chi connectivity index (χ3v) is 4.47. The summed E-state index contributed by atoms with van der Waals surface area (Å²) in [6.07, 6.45) is 4.70. The Balaban J connectivity index is 1.61. The van der Waals surface area contributed by atoms with Gasteiger partial charge in [-0.05, 0) is 36.5 Å². The summed E-state index contributed by atoms with van der Waals surface area (Å²) in [5, 5.41) is 13.5. The van der Waals surface area contributed by atoms with E-state index >= 15 is 0 Å². The summed E-state index contributed by atoms with van der Waals surface area (Å²) in [6, 6.07) is 8.34. The van der Waals surface area contributed by atoms with E-state index < -0.39 is 6.10 Å². The standard InChI is InChI=1S/C18H29NO3/c1-14-5-3-4-6-18(14)19-11-16(20)13-22-12-15-7-9-17(21-2)10-8-15/h7-10,14,16,18-20H,3-6,11-13H2,1-2H3. The van der Waals surface area contributed by atoms with Crippen LogP contribution >= 0.6 is 0 Å². The van der Waals surface area contributed by atoms with Gasteiger partial charge in [0.25, 0.3) is 0 Å². The van der Waals surface area contributed by atoms with Gasteiger partial charge in [0, 0.05) is 12.6 Å². The summed E-state index contributed by atoms with van der Waals surface area (Å²) in [5.74, 6) is 1.55. The molecular weight excluding hydrogens is 278 g/mol. The van der Waals surface area contributed by atoms with Crippen molar-refractivity contribution in [3.05, 3.63) is 29.8 Å². The highest BCUT2D eigenvalue weighted by atomic mass is 16.5. The Morgan fingerprint density at radius 1 is 1.23 bits per heavy atom. The number of hydrogen-bond acceptors (Lipinski definition) is 4. The minimum absolute atomic E-state index is 0.361. The molecule has 3 atom stereocenters. The predicted octanol–water partition coefficient (Wildman–Crippen LogP) is 2.74. The maximum Gasteiger partial charge on any atom is 0.118 e. The van der Waals surface area contributed by atoms with Gasteiger partial charge in [0.15, 0.2) is 0 Å². The van der Waals surface area contributed by atoms with E-state index in [9.17, 15) is 5.11 Å². The average Bonchev–Trinajstić information content (AvgIpc) is 2.55. The van der Waals surface area contributed by atoms with Gasteiger partial charge in [-0.25, -0.2) is 0 Å². The molecule has 0 radical (unpaired) electrons. The molecule has 2 N–H and O–H groups in total. The molecule has 0 heterocycles. The lowest BCUT2D eigenvalue weighted by Gasteiger charge is -2.30. The molecule has 124 valence electrons. The van der Waals surface area contributed by atoms with Crippen molar-refractivity contribution in [3.63, 3.8) is 0 Å². The number of rotatable bonds is 8. The lowest BCUT2D eigenvalue weighted by Crippen LogP contribution is -2.42. The highest BCUT2D eigenvalue weighted by Crippen LogP contribution is 2.23. The molecule has 3 unspecified atom stereocenters. The molecular formula is C18H29NO3. The zero-order valence-corrected chi connectivity index (χ0v) is 13.8. The highest BCUT2D eigenvalue weighted by molar-refractivity contribution is 5.26. The second-order valence-corrected chi connectivity index (χ2v) is 6.29. The van der Waals surface area contributed by atoms with Gasteiger partial charge in [0.05, 0.1) is 26.4 Å². The number of aliphatic hydroxyl groups is 1. The number of benzene rings is 1. The molecule has 0 amide bonds. The van der Waals surface area contributed by atoms with Crippen LogP contribution in [0.2, 0.25) is 0 Å². The van der Waals surface area contributed by atoms with Crippen LogP contribution < -0.4 is 10.1 Å². The summed E-state index contributed by atoms with van der Waals surface area (Å²) < 4.78 is 10.7. The molecule has 2 rings (SSSR count). The Hall–Kier alpha value is -1.10. The monoisotopic (exact) mass is 307 g/mol. The van der Waals surface area contributed by atoms with E-state index in [1.54, 1.807) is 7.11 Å². The van der Waals surface area contributed by atoms with Crippen LogP contribution in [0.4, 0.5) is 0 Å². The normalized spacial score (nSPS) is 23.2. The summed E-state index contributed by atoms with van der Waals surface area (Å²) in [7, 11) is 1.65. The first-order valence-electron chi connectivity index (χ1n) is 8.31. The highest BCUT2D eigenvalue weighted by Gasteiger charge is 2.21. The minimum Gasteiger partial charge on any atom is -0.497 e. The largest absolute Gasteiger partial charge is 0.497 e. The first-order valence-corrected chi connectivity index (χ1v) is 8.31. The van der Waals surface area contributed by atoms with Gasteiger partial charge in [-0.1, -0.05) is 31.9 Å². The van der Waals surface area contributed by atoms with E-state index in [0.717, 1.165) is 11.3 Å². The van der Waals surface area contributed by atoms with Crippen LogP contribution in [-0.2, 0) is 11.3 Å². The van der Waals surface area contributed by atoms with Crippen LogP contribution in [0.5, 0.6) is 5.75 Å². The molecule has 0 bridgehead atoms. The van der Waals surface area contributed by atoms with Crippen molar-refractivity contribution in [2.24, 2.45) is 5.92 Å². The molecule has 1 fully saturated rings. The summed E-state index contributed by atoms with van der Waals surface area (Å²) in [5.41, 5.74) is 1.09. The molecule has 1 saturated carbocycles. The zero-order chi connectivity index (χ0) is 15.8. The Morgan fingerprint density at radius 2 is 1.95 bits per heavy atom.